The maximum atomic E-state index is 12.9. The number of carbonyl (C=O) groups excluding carboxylic acids is 1. The van der Waals surface area contributed by atoms with Gasteiger partial charge in [0.25, 0.3) is 5.91 Å². The zero-order valence-corrected chi connectivity index (χ0v) is 18.2. The highest BCUT2D eigenvalue weighted by molar-refractivity contribution is 7.89. The Kier molecular flexibility index (Phi) is 6.31. The van der Waals surface area contributed by atoms with E-state index in [0.717, 1.165) is 41.9 Å². The number of nitrogens with zero attached hydrogens (tertiary/aromatic N) is 3. The van der Waals surface area contributed by atoms with Crippen molar-refractivity contribution in [3.05, 3.63) is 64.6 Å². The van der Waals surface area contributed by atoms with Crippen LogP contribution in [0, 0.1) is 0 Å². The van der Waals surface area contributed by atoms with E-state index in [1.165, 1.54) is 10.4 Å². The van der Waals surface area contributed by atoms with Gasteiger partial charge < -0.3 is 5.32 Å². The summed E-state index contributed by atoms with van der Waals surface area (Å²) < 4.78 is 29.2. The molecule has 2 aromatic heterocycles. The minimum Gasteiger partial charge on any atom is -0.351 e. The lowest BCUT2D eigenvalue weighted by molar-refractivity contribution is 0.0955. The third-order valence-corrected chi connectivity index (χ3v) is 8.11. The average Bonchev–Trinajstić information content (AvgIpc) is 3.45. The van der Waals surface area contributed by atoms with Crippen LogP contribution < -0.4 is 5.32 Å². The summed E-state index contributed by atoms with van der Waals surface area (Å²) in [4.78, 5) is 13.0. The van der Waals surface area contributed by atoms with Crippen LogP contribution in [-0.2, 0) is 16.4 Å². The Bertz CT molecular complexity index is 1100. The number of hydrogen-bond donors (Lipinski definition) is 1. The van der Waals surface area contributed by atoms with Gasteiger partial charge >= 0.3 is 0 Å². The molecule has 0 radical (unpaired) electrons. The molecule has 7 nitrogen and oxygen atoms in total. The molecule has 1 fully saturated rings. The highest BCUT2D eigenvalue weighted by Gasteiger charge is 2.30. The van der Waals surface area contributed by atoms with E-state index in [1.807, 2.05) is 36.5 Å². The van der Waals surface area contributed by atoms with E-state index in [1.54, 1.807) is 16.3 Å². The monoisotopic (exact) mass is 444 g/mol. The van der Waals surface area contributed by atoms with Gasteiger partial charge in [0.1, 0.15) is 9.77 Å². The lowest BCUT2D eigenvalue weighted by Gasteiger charge is -2.25. The molecule has 30 heavy (non-hydrogen) atoms. The first-order valence-corrected chi connectivity index (χ1v) is 12.3. The summed E-state index contributed by atoms with van der Waals surface area (Å²) in [5.41, 5.74) is 1.96. The van der Waals surface area contributed by atoms with E-state index >= 15 is 0 Å². The molecule has 4 rings (SSSR count). The summed E-state index contributed by atoms with van der Waals surface area (Å²) in [5, 5.41) is 8.87. The van der Waals surface area contributed by atoms with Crippen molar-refractivity contribution in [3.63, 3.8) is 0 Å². The van der Waals surface area contributed by atoms with E-state index in [9.17, 15) is 13.2 Å². The van der Waals surface area contributed by atoms with Crippen molar-refractivity contribution in [1.82, 2.24) is 19.4 Å². The molecule has 3 aromatic rings. The van der Waals surface area contributed by atoms with Gasteiger partial charge in [-0.15, -0.1) is 11.3 Å². The SMILES string of the molecule is O=C(NCCc1cnn(-c2ccccc2)c1)c1sccc1S(=O)(=O)N1CCCCC1. The molecule has 0 unspecified atom stereocenters. The predicted octanol–water partition coefficient (Wildman–Crippen LogP) is 3.08. The molecule has 0 aliphatic carbocycles. The number of aromatic nitrogens is 2. The summed E-state index contributed by atoms with van der Waals surface area (Å²) in [7, 11) is -3.63. The number of carbonyl (C=O) groups is 1. The molecule has 0 saturated carbocycles. The second-order valence-corrected chi connectivity index (χ2v) is 10.0. The van der Waals surface area contributed by atoms with E-state index < -0.39 is 10.0 Å². The molecule has 3 heterocycles. The number of sulfonamides is 1. The summed E-state index contributed by atoms with van der Waals surface area (Å²) in [6.45, 7) is 1.44. The van der Waals surface area contributed by atoms with Crippen LogP contribution in [0.2, 0.25) is 0 Å². The standard InChI is InChI=1S/C21H24N4O3S2/c26-21(20-19(10-14-29-20)30(27,28)24-12-5-2-6-13-24)22-11-9-17-15-23-25(16-17)18-7-3-1-4-8-18/h1,3-4,7-8,10,14-16H,2,5-6,9,11-13H2,(H,22,26). The van der Waals surface area contributed by atoms with Gasteiger partial charge in [0.2, 0.25) is 10.0 Å². The van der Waals surface area contributed by atoms with Crippen molar-refractivity contribution in [2.75, 3.05) is 19.6 Å². The largest absolute Gasteiger partial charge is 0.351 e. The first kappa shape index (κ1) is 20.8. The fourth-order valence-corrected chi connectivity index (χ4v) is 6.36. The Morgan fingerprint density at radius 1 is 1.10 bits per heavy atom. The van der Waals surface area contributed by atoms with E-state index in [0.29, 0.717) is 26.1 Å². The third-order valence-electron chi connectivity index (χ3n) is 5.12. The zero-order chi connectivity index (χ0) is 21.0. The molecular formula is C21H24N4O3S2. The predicted molar refractivity (Wildman–Crippen MR) is 117 cm³/mol. The number of piperidine rings is 1. The number of rotatable bonds is 7. The molecule has 9 heteroatoms. The van der Waals surface area contributed by atoms with Crippen molar-refractivity contribution in [1.29, 1.82) is 0 Å². The Hall–Kier alpha value is -2.49. The fraction of sp³-hybridized carbons (Fsp3) is 0.333. The van der Waals surface area contributed by atoms with Gasteiger partial charge in [0.15, 0.2) is 0 Å². The van der Waals surface area contributed by atoms with Crippen molar-refractivity contribution in [3.8, 4) is 5.69 Å². The quantitative estimate of drug-likeness (QED) is 0.607. The minimum atomic E-state index is -3.63. The van der Waals surface area contributed by atoms with Crippen LogP contribution in [0.25, 0.3) is 5.69 Å². The molecule has 158 valence electrons. The van der Waals surface area contributed by atoms with Crippen molar-refractivity contribution < 1.29 is 13.2 Å². The summed E-state index contributed by atoms with van der Waals surface area (Å²) in [6.07, 6.45) is 7.08. The van der Waals surface area contributed by atoms with Gasteiger partial charge in [-0.1, -0.05) is 24.6 Å². The number of hydrogen-bond acceptors (Lipinski definition) is 5. The second-order valence-electron chi connectivity index (χ2n) is 7.21. The zero-order valence-electron chi connectivity index (χ0n) is 16.5. The summed E-state index contributed by atoms with van der Waals surface area (Å²) in [6, 6.07) is 11.3. The molecule has 0 spiro atoms. The van der Waals surface area contributed by atoms with Crippen LogP contribution in [0.4, 0.5) is 0 Å². The number of benzene rings is 1. The van der Waals surface area contributed by atoms with Crippen LogP contribution >= 0.6 is 11.3 Å². The molecular weight excluding hydrogens is 420 g/mol. The maximum Gasteiger partial charge on any atom is 0.262 e. The van der Waals surface area contributed by atoms with Crippen molar-refractivity contribution in [2.24, 2.45) is 0 Å². The molecule has 1 aromatic carbocycles. The maximum absolute atomic E-state index is 12.9. The molecule has 0 bridgehead atoms. The Morgan fingerprint density at radius 2 is 1.87 bits per heavy atom. The smallest absolute Gasteiger partial charge is 0.262 e. The molecule has 1 saturated heterocycles. The highest BCUT2D eigenvalue weighted by atomic mass is 32.2. The normalized spacial score (nSPS) is 15.2. The van der Waals surface area contributed by atoms with Crippen LogP contribution in [0.15, 0.2) is 59.1 Å². The third kappa shape index (κ3) is 4.48. The molecule has 1 aliphatic rings. The summed E-state index contributed by atoms with van der Waals surface area (Å²) in [5.74, 6) is -0.351. The van der Waals surface area contributed by atoms with Gasteiger partial charge in [-0.3, -0.25) is 4.79 Å². The van der Waals surface area contributed by atoms with Gasteiger partial charge in [0, 0.05) is 25.8 Å². The second kappa shape index (κ2) is 9.11. The van der Waals surface area contributed by atoms with E-state index in [-0.39, 0.29) is 15.7 Å². The van der Waals surface area contributed by atoms with Crippen molar-refractivity contribution in [2.45, 2.75) is 30.6 Å². The number of nitrogens with one attached hydrogen (secondary N) is 1. The number of para-hydroxylation sites is 1. The fourth-order valence-electron chi connectivity index (χ4n) is 3.52. The molecule has 1 amide bonds. The Morgan fingerprint density at radius 3 is 2.63 bits per heavy atom. The minimum absolute atomic E-state index is 0.115. The topological polar surface area (TPSA) is 84.3 Å². The molecule has 1 aliphatic heterocycles. The lowest BCUT2D eigenvalue weighted by atomic mass is 10.2. The van der Waals surface area contributed by atoms with Crippen LogP contribution in [0.5, 0.6) is 0 Å². The van der Waals surface area contributed by atoms with Gasteiger partial charge in [-0.25, -0.2) is 13.1 Å². The van der Waals surface area contributed by atoms with Gasteiger partial charge in [-0.2, -0.15) is 9.40 Å². The number of thiophene rings is 1. The van der Waals surface area contributed by atoms with Gasteiger partial charge in [-0.05, 0) is 48.4 Å². The van der Waals surface area contributed by atoms with Crippen molar-refractivity contribution >= 4 is 27.3 Å². The van der Waals surface area contributed by atoms with E-state index in [2.05, 4.69) is 10.4 Å². The van der Waals surface area contributed by atoms with Crippen LogP contribution in [0.3, 0.4) is 0 Å². The van der Waals surface area contributed by atoms with Crippen LogP contribution in [-0.4, -0.2) is 48.0 Å². The highest BCUT2D eigenvalue weighted by Crippen LogP contribution is 2.27. The molecule has 1 N–H and O–H groups in total. The average molecular weight is 445 g/mol. The van der Waals surface area contributed by atoms with Gasteiger partial charge in [0.05, 0.1) is 11.9 Å². The first-order chi connectivity index (χ1) is 14.6. The lowest BCUT2D eigenvalue weighted by Crippen LogP contribution is -2.36. The molecule has 0 atom stereocenters. The number of amides is 1. The van der Waals surface area contributed by atoms with Crippen LogP contribution in [0.1, 0.15) is 34.5 Å². The van der Waals surface area contributed by atoms with E-state index in [4.69, 9.17) is 0 Å². The Labute approximate surface area is 180 Å². The Balaban J connectivity index is 1.38. The summed E-state index contributed by atoms with van der Waals surface area (Å²) >= 11 is 1.16. The first-order valence-electron chi connectivity index (χ1n) is 10.0.